The molecule has 0 atom stereocenters. The maximum Gasteiger partial charge on any atom is 0.173 e. The average Bonchev–Trinajstić information content (AvgIpc) is 3.03. The van der Waals surface area contributed by atoms with E-state index in [1.54, 1.807) is 12.4 Å². The van der Waals surface area contributed by atoms with Gasteiger partial charge in [0.05, 0.1) is 30.1 Å². The van der Waals surface area contributed by atoms with E-state index in [1.165, 1.54) is 5.56 Å². The number of hydrogen-bond acceptors (Lipinski definition) is 6. The van der Waals surface area contributed by atoms with E-state index in [0.717, 1.165) is 34.6 Å². The molecule has 1 aromatic carbocycles. The van der Waals surface area contributed by atoms with Gasteiger partial charge in [-0.3, -0.25) is 5.43 Å². The first-order valence-corrected chi connectivity index (χ1v) is 9.23. The number of benzene rings is 1. The molecule has 0 spiro atoms. The maximum absolute atomic E-state index is 5.46. The van der Waals surface area contributed by atoms with Crippen LogP contribution in [0.15, 0.2) is 46.1 Å². The molecule has 1 N–H and O–H groups in total. The van der Waals surface area contributed by atoms with Crippen LogP contribution in [0.1, 0.15) is 11.1 Å². The summed E-state index contributed by atoms with van der Waals surface area (Å²) < 4.78 is 8.14. The van der Waals surface area contributed by atoms with Gasteiger partial charge in [-0.05, 0) is 28.4 Å². The quantitative estimate of drug-likeness (QED) is 0.524. The summed E-state index contributed by atoms with van der Waals surface area (Å²) >= 11 is 3.52. The maximum atomic E-state index is 5.46. The third-order valence-corrected chi connectivity index (χ3v) is 4.74. The zero-order chi connectivity index (χ0) is 17.9. The Hall–Kier alpha value is -2.45. The largest absolute Gasteiger partial charge is 0.378 e. The van der Waals surface area contributed by atoms with Gasteiger partial charge in [0.25, 0.3) is 0 Å². The number of aromatic nitrogens is 3. The Kier molecular flexibility index (Phi) is 4.85. The zero-order valence-electron chi connectivity index (χ0n) is 14.4. The summed E-state index contributed by atoms with van der Waals surface area (Å²) in [6.07, 6.45) is 3.55. The van der Waals surface area contributed by atoms with Crippen LogP contribution in [0.4, 0.5) is 11.6 Å². The minimum absolute atomic E-state index is 0.670. The zero-order valence-corrected chi connectivity index (χ0v) is 16.0. The minimum Gasteiger partial charge on any atom is -0.378 e. The van der Waals surface area contributed by atoms with Crippen LogP contribution >= 0.6 is 15.9 Å². The summed E-state index contributed by atoms with van der Waals surface area (Å²) in [6.45, 7) is 5.12. The van der Waals surface area contributed by atoms with Gasteiger partial charge < -0.3 is 9.64 Å². The molecule has 0 bridgehead atoms. The monoisotopic (exact) mass is 414 g/mol. The van der Waals surface area contributed by atoms with Crippen LogP contribution in [-0.4, -0.2) is 47.1 Å². The minimum atomic E-state index is 0.670. The van der Waals surface area contributed by atoms with Crippen molar-refractivity contribution in [2.24, 2.45) is 5.10 Å². The Morgan fingerprint density at radius 3 is 2.92 bits per heavy atom. The molecule has 26 heavy (non-hydrogen) atoms. The van der Waals surface area contributed by atoms with Gasteiger partial charge in [-0.2, -0.15) is 14.7 Å². The van der Waals surface area contributed by atoms with Gasteiger partial charge in [0.1, 0.15) is 5.82 Å². The van der Waals surface area contributed by atoms with Gasteiger partial charge in [-0.1, -0.05) is 29.8 Å². The second-order valence-electron chi connectivity index (χ2n) is 6.11. The molecule has 0 unspecified atom stereocenters. The van der Waals surface area contributed by atoms with Gasteiger partial charge >= 0.3 is 0 Å². The van der Waals surface area contributed by atoms with Crippen molar-refractivity contribution in [3.05, 3.63) is 52.1 Å². The number of nitrogens with one attached hydrogen (secondary N) is 1. The summed E-state index contributed by atoms with van der Waals surface area (Å²) in [5.74, 6) is 1.64. The lowest BCUT2D eigenvalue weighted by Crippen LogP contribution is -2.37. The van der Waals surface area contributed by atoms with Crippen LogP contribution in [0.3, 0.4) is 0 Å². The Morgan fingerprint density at radius 2 is 2.12 bits per heavy atom. The summed E-state index contributed by atoms with van der Waals surface area (Å²) in [5.41, 5.74) is 6.03. The molecule has 1 fully saturated rings. The lowest BCUT2D eigenvalue weighted by Gasteiger charge is -2.29. The third kappa shape index (κ3) is 3.56. The molecular weight excluding hydrogens is 396 g/mol. The Balaban J connectivity index is 1.63. The van der Waals surface area contributed by atoms with E-state index in [-0.39, 0.29) is 0 Å². The topological polar surface area (TPSA) is 67.0 Å². The van der Waals surface area contributed by atoms with Gasteiger partial charge in [0.2, 0.25) is 0 Å². The molecule has 4 rings (SSSR count). The molecule has 2 aromatic heterocycles. The van der Waals surface area contributed by atoms with E-state index in [2.05, 4.69) is 60.5 Å². The number of aryl methyl sites for hydroxylation is 1. The average molecular weight is 415 g/mol. The number of fused-ring (bicyclic) bond motifs is 1. The lowest BCUT2D eigenvalue weighted by atomic mass is 10.2. The molecule has 0 saturated carbocycles. The molecule has 134 valence electrons. The van der Waals surface area contributed by atoms with Gasteiger partial charge in [-0.25, -0.2) is 4.98 Å². The number of halogens is 1. The van der Waals surface area contributed by atoms with E-state index < -0.39 is 0 Å². The fourth-order valence-electron chi connectivity index (χ4n) is 2.92. The van der Waals surface area contributed by atoms with E-state index >= 15 is 0 Å². The third-order valence-electron chi connectivity index (χ3n) is 4.18. The first kappa shape index (κ1) is 17.0. The van der Waals surface area contributed by atoms with Crippen LogP contribution in [0.5, 0.6) is 0 Å². The number of anilines is 2. The summed E-state index contributed by atoms with van der Waals surface area (Å²) in [6, 6.07) is 10.1. The Bertz CT molecular complexity index is 948. The van der Waals surface area contributed by atoms with Gasteiger partial charge in [0.15, 0.2) is 11.5 Å². The predicted molar refractivity (Wildman–Crippen MR) is 106 cm³/mol. The fraction of sp³-hybridized carbons (Fsp3) is 0.278. The highest BCUT2D eigenvalue weighted by atomic mass is 79.9. The molecule has 0 amide bonds. The molecule has 3 heterocycles. The lowest BCUT2D eigenvalue weighted by molar-refractivity contribution is 0.122. The van der Waals surface area contributed by atoms with Crippen molar-refractivity contribution >= 4 is 39.4 Å². The number of hydrogen-bond donors (Lipinski definition) is 1. The van der Waals surface area contributed by atoms with Crippen LogP contribution in [0.25, 0.3) is 5.65 Å². The highest BCUT2D eigenvalue weighted by Gasteiger charge is 2.17. The van der Waals surface area contributed by atoms with E-state index in [4.69, 9.17) is 4.74 Å². The first-order valence-electron chi connectivity index (χ1n) is 8.43. The second-order valence-corrected chi connectivity index (χ2v) is 6.97. The molecule has 1 aliphatic heterocycles. The predicted octanol–water partition coefficient (Wildman–Crippen LogP) is 3.08. The van der Waals surface area contributed by atoms with Gasteiger partial charge in [-0.15, -0.1) is 0 Å². The smallest absolute Gasteiger partial charge is 0.173 e. The van der Waals surface area contributed by atoms with Crippen LogP contribution in [-0.2, 0) is 4.74 Å². The Labute approximate surface area is 159 Å². The molecule has 0 aliphatic carbocycles. The molecule has 3 aromatic rings. The van der Waals surface area contributed by atoms with Crippen molar-refractivity contribution in [1.29, 1.82) is 0 Å². The highest BCUT2D eigenvalue weighted by molar-refractivity contribution is 9.10. The molecule has 1 aliphatic rings. The van der Waals surface area contributed by atoms with E-state index in [1.807, 2.05) is 22.7 Å². The normalized spacial score (nSPS) is 15.1. The molecule has 7 nitrogen and oxygen atoms in total. The number of rotatable bonds is 4. The highest BCUT2D eigenvalue weighted by Crippen LogP contribution is 2.25. The van der Waals surface area contributed by atoms with Crippen LogP contribution < -0.4 is 10.3 Å². The number of nitrogens with zero attached hydrogens (tertiary/aromatic N) is 5. The fourth-order valence-corrected chi connectivity index (χ4v) is 3.27. The summed E-state index contributed by atoms with van der Waals surface area (Å²) in [4.78, 5) is 6.85. The van der Waals surface area contributed by atoms with Crippen molar-refractivity contribution in [3.8, 4) is 0 Å². The van der Waals surface area contributed by atoms with Crippen LogP contribution in [0, 0.1) is 6.92 Å². The van der Waals surface area contributed by atoms with Crippen molar-refractivity contribution < 1.29 is 4.74 Å². The second kappa shape index (κ2) is 7.43. The first-order chi connectivity index (χ1) is 12.7. The number of morpholine rings is 1. The molecule has 0 radical (unpaired) electrons. The molecule has 1 saturated heterocycles. The standard InChI is InChI=1S/C18H19BrN6O/c1-13-3-2-4-14(9-13)11-20-23-16-10-17(24-5-7-26-8-6-24)25-18(22-16)15(19)12-21-25/h2-4,9-12H,5-8H2,1H3,(H,22,23). The van der Waals surface area contributed by atoms with Crippen molar-refractivity contribution in [1.82, 2.24) is 14.6 Å². The molecular formula is C18H19BrN6O. The van der Waals surface area contributed by atoms with Crippen LogP contribution in [0.2, 0.25) is 0 Å². The van der Waals surface area contributed by atoms with E-state index in [9.17, 15) is 0 Å². The number of ether oxygens (including phenoxy) is 1. The van der Waals surface area contributed by atoms with Gasteiger partial charge in [0, 0.05) is 19.2 Å². The van der Waals surface area contributed by atoms with Crippen molar-refractivity contribution in [2.75, 3.05) is 36.6 Å². The summed E-state index contributed by atoms with van der Waals surface area (Å²) in [5, 5.41) is 8.77. The summed E-state index contributed by atoms with van der Waals surface area (Å²) in [7, 11) is 0. The van der Waals surface area contributed by atoms with Crippen molar-refractivity contribution in [3.63, 3.8) is 0 Å². The van der Waals surface area contributed by atoms with E-state index in [0.29, 0.717) is 19.0 Å². The molecule has 8 heteroatoms. The Morgan fingerprint density at radius 1 is 1.27 bits per heavy atom. The van der Waals surface area contributed by atoms with Crippen molar-refractivity contribution in [2.45, 2.75) is 6.92 Å². The SMILES string of the molecule is Cc1cccc(C=NNc2cc(N3CCOCC3)n3ncc(Br)c3n2)c1. The number of hydrazone groups is 1.